The molecule has 0 aliphatic rings. The summed E-state index contributed by atoms with van der Waals surface area (Å²) in [7, 11) is 0. The Morgan fingerprint density at radius 1 is 1.06 bits per heavy atom. The maximum atomic E-state index is 5.84. The molecule has 17 heavy (non-hydrogen) atoms. The number of hydrogen-bond donors (Lipinski definition) is 0. The molecule has 0 aliphatic carbocycles. The number of pyridine rings is 1. The van der Waals surface area contributed by atoms with Gasteiger partial charge in [-0.1, -0.05) is 24.3 Å². The summed E-state index contributed by atoms with van der Waals surface area (Å²) >= 11 is 5.84. The van der Waals surface area contributed by atoms with Crippen molar-refractivity contribution in [1.82, 2.24) is 4.98 Å². The van der Waals surface area contributed by atoms with Crippen molar-refractivity contribution in [3.8, 4) is 5.75 Å². The first-order chi connectivity index (χ1) is 8.40. The molecule has 0 saturated carbocycles. The van der Waals surface area contributed by atoms with Crippen LogP contribution in [0.25, 0.3) is 0 Å². The largest absolute Gasteiger partial charge is 0.493 e. The van der Waals surface area contributed by atoms with Gasteiger partial charge in [-0.25, -0.2) is 0 Å². The van der Waals surface area contributed by atoms with Gasteiger partial charge in [0, 0.05) is 23.9 Å². The molecule has 0 amide bonds. The number of para-hydroxylation sites is 1. The van der Waals surface area contributed by atoms with Gasteiger partial charge in [-0.05, 0) is 18.2 Å². The van der Waals surface area contributed by atoms with Crippen molar-refractivity contribution in [3.05, 3.63) is 59.9 Å². The summed E-state index contributed by atoms with van der Waals surface area (Å²) in [6.07, 6.45) is 2.60. The number of ether oxygens (including phenoxy) is 1. The minimum atomic E-state index is 0.472. The Bertz CT molecular complexity index is 459. The second-order valence-corrected chi connectivity index (χ2v) is 3.93. The molecule has 2 aromatic rings. The molecule has 3 heteroatoms. The highest BCUT2D eigenvalue weighted by atomic mass is 35.5. The average Bonchev–Trinajstić information content (AvgIpc) is 2.40. The molecule has 1 aromatic heterocycles. The standard InChI is InChI=1S/C14H14ClNO/c15-11-12-5-1-2-7-14(12)17-10-8-13-6-3-4-9-16-13/h1-7,9H,8,10-11H2. The van der Waals surface area contributed by atoms with Crippen LogP contribution in [-0.4, -0.2) is 11.6 Å². The van der Waals surface area contributed by atoms with Crippen LogP contribution in [0, 0.1) is 0 Å². The van der Waals surface area contributed by atoms with Gasteiger partial charge in [0.1, 0.15) is 5.75 Å². The van der Waals surface area contributed by atoms with E-state index in [0.29, 0.717) is 12.5 Å². The lowest BCUT2D eigenvalue weighted by molar-refractivity contribution is 0.318. The number of benzene rings is 1. The topological polar surface area (TPSA) is 22.1 Å². The Hall–Kier alpha value is -1.54. The number of halogens is 1. The Labute approximate surface area is 106 Å². The molecule has 1 heterocycles. The summed E-state index contributed by atoms with van der Waals surface area (Å²) in [5.74, 6) is 1.33. The Kier molecular flexibility index (Phi) is 4.39. The second kappa shape index (κ2) is 6.26. The van der Waals surface area contributed by atoms with Gasteiger partial charge in [0.15, 0.2) is 0 Å². The van der Waals surface area contributed by atoms with Crippen LogP contribution < -0.4 is 4.74 Å². The van der Waals surface area contributed by atoms with Crippen molar-refractivity contribution in [2.24, 2.45) is 0 Å². The van der Waals surface area contributed by atoms with Crippen LogP contribution in [0.3, 0.4) is 0 Å². The summed E-state index contributed by atoms with van der Waals surface area (Å²) in [4.78, 5) is 4.25. The molecular formula is C14H14ClNO. The number of hydrogen-bond acceptors (Lipinski definition) is 2. The van der Waals surface area contributed by atoms with Gasteiger partial charge in [0.2, 0.25) is 0 Å². The molecule has 0 bridgehead atoms. The first-order valence-electron chi connectivity index (χ1n) is 5.56. The molecule has 0 radical (unpaired) electrons. The fourth-order valence-electron chi connectivity index (χ4n) is 1.57. The molecule has 0 atom stereocenters. The molecule has 0 saturated heterocycles. The fraction of sp³-hybridized carbons (Fsp3) is 0.214. The van der Waals surface area contributed by atoms with Crippen LogP contribution >= 0.6 is 11.6 Å². The highest BCUT2D eigenvalue weighted by molar-refractivity contribution is 6.17. The molecule has 0 N–H and O–H groups in total. The predicted molar refractivity (Wildman–Crippen MR) is 69.4 cm³/mol. The van der Waals surface area contributed by atoms with Crippen LogP contribution in [0.2, 0.25) is 0 Å². The van der Waals surface area contributed by atoms with E-state index < -0.39 is 0 Å². The molecule has 0 aliphatic heterocycles. The van der Waals surface area contributed by atoms with Gasteiger partial charge in [-0.3, -0.25) is 4.98 Å². The highest BCUT2D eigenvalue weighted by Gasteiger charge is 2.01. The third kappa shape index (κ3) is 3.46. The normalized spacial score (nSPS) is 10.2. The van der Waals surface area contributed by atoms with E-state index in [1.807, 2.05) is 42.5 Å². The minimum absolute atomic E-state index is 0.472. The lowest BCUT2D eigenvalue weighted by atomic mass is 10.2. The highest BCUT2D eigenvalue weighted by Crippen LogP contribution is 2.19. The predicted octanol–water partition coefficient (Wildman–Crippen LogP) is 3.44. The van der Waals surface area contributed by atoms with E-state index in [-0.39, 0.29) is 0 Å². The minimum Gasteiger partial charge on any atom is -0.493 e. The molecule has 0 spiro atoms. The molecule has 0 fully saturated rings. The van der Waals surface area contributed by atoms with Gasteiger partial charge >= 0.3 is 0 Å². The summed E-state index contributed by atoms with van der Waals surface area (Å²) in [5, 5.41) is 0. The van der Waals surface area contributed by atoms with Crippen LogP contribution in [-0.2, 0) is 12.3 Å². The van der Waals surface area contributed by atoms with Crippen molar-refractivity contribution in [3.63, 3.8) is 0 Å². The van der Waals surface area contributed by atoms with Crippen LogP contribution in [0.5, 0.6) is 5.75 Å². The van der Waals surface area contributed by atoms with Gasteiger partial charge in [0.25, 0.3) is 0 Å². The van der Waals surface area contributed by atoms with Crippen molar-refractivity contribution in [1.29, 1.82) is 0 Å². The first-order valence-corrected chi connectivity index (χ1v) is 6.10. The maximum Gasteiger partial charge on any atom is 0.123 e. The number of alkyl halides is 1. The van der Waals surface area contributed by atoms with E-state index in [1.165, 1.54) is 0 Å². The zero-order valence-electron chi connectivity index (χ0n) is 9.47. The number of nitrogens with zero attached hydrogens (tertiary/aromatic N) is 1. The van der Waals surface area contributed by atoms with E-state index in [2.05, 4.69) is 4.98 Å². The Balaban J connectivity index is 1.90. The summed E-state index contributed by atoms with van der Waals surface area (Å²) in [6, 6.07) is 13.7. The van der Waals surface area contributed by atoms with E-state index in [9.17, 15) is 0 Å². The van der Waals surface area contributed by atoms with Gasteiger partial charge in [-0.15, -0.1) is 11.6 Å². The van der Waals surface area contributed by atoms with Gasteiger partial charge < -0.3 is 4.74 Å². The Morgan fingerprint density at radius 2 is 1.88 bits per heavy atom. The average molecular weight is 248 g/mol. The quantitative estimate of drug-likeness (QED) is 0.755. The summed E-state index contributed by atoms with van der Waals surface area (Å²) in [6.45, 7) is 0.616. The SMILES string of the molecule is ClCc1ccccc1OCCc1ccccn1. The van der Waals surface area contributed by atoms with Crippen molar-refractivity contribution >= 4 is 11.6 Å². The van der Waals surface area contributed by atoms with Crippen LogP contribution in [0.4, 0.5) is 0 Å². The van der Waals surface area contributed by atoms with Gasteiger partial charge in [0.05, 0.1) is 12.5 Å². The molecule has 0 unspecified atom stereocenters. The molecule has 88 valence electrons. The smallest absolute Gasteiger partial charge is 0.123 e. The Morgan fingerprint density at radius 3 is 2.65 bits per heavy atom. The lowest BCUT2D eigenvalue weighted by Gasteiger charge is -2.09. The molecule has 2 rings (SSSR count). The zero-order valence-corrected chi connectivity index (χ0v) is 10.2. The number of aromatic nitrogens is 1. The molecule has 2 nitrogen and oxygen atoms in total. The lowest BCUT2D eigenvalue weighted by Crippen LogP contribution is -2.03. The van der Waals surface area contributed by atoms with Crippen LogP contribution in [0.1, 0.15) is 11.3 Å². The van der Waals surface area contributed by atoms with E-state index in [1.54, 1.807) is 6.20 Å². The fourth-order valence-corrected chi connectivity index (χ4v) is 1.79. The summed E-state index contributed by atoms with van der Waals surface area (Å²) < 4.78 is 5.71. The summed E-state index contributed by atoms with van der Waals surface area (Å²) in [5.41, 5.74) is 2.06. The third-order valence-electron chi connectivity index (χ3n) is 2.46. The third-order valence-corrected chi connectivity index (χ3v) is 2.75. The molecular weight excluding hydrogens is 234 g/mol. The van der Waals surface area contributed by atoms with Crippen molar-refractivity contribution < 1.29 is 4.74 Å². The first kappa shape index (κ1) is 11.9. The molecule has 1 aromatic carbocycles. The van der Waals surface area contributed by atoms with Crippen molar-refractivity contribution in [2.75, 3.05) is 6.61 Å². The maximum absolute atomic E-state index is 5.84. The second-order valence-electron chi connectivity index (χ2n) is 3.66. The van der Waals surface area contributed by atoms with Gasteiger partial charge in [-0.2, -0.15) is 0 Å². The van der Waals surface area contributed by atoms with Crippen molar-refractivity contribution in [2.45, 2.75) is 12.3 Å². The monoisotopic (exact) mass is 247 g/mol. The zero-order chi connectivity index (χ0) is 11.9. The van der Waals surface area contributed by atoms with E-state index in [4.69, 9.17) is 16.3 Å². The number of rotatable bonds is 5. The van der Waals surface area contributed by atoms with Crippen LogP contribution in [0.15, 0.2) is 48.7 Å². The van der Waals surface area contributed by atoms with E-state index in [0.717, 1.165) is 23.4 Å². The van der Waals surface area contributed by atoms with E-state index >= 15 is 0 Å².